The Balaban J connectivity index is 1.58. The molecule has 0 radical (unpaired) electrons. The van der Waals surface area contributed by atoms with Crippen molar-refractivity contribution in [2.45, 2.75) is 109 Å². The van der Waals surface area contributed by atoms with Gasteiger partial charge < -0.3 is 4.84 Å². The number of oxime groups is 1. The third-order valence-electron chi connectivity index (χ3n) is 5.85. The Hall–Kier alpha value is -0.530. The normalized spacial score (nSPS) is 24.2. The molecular formula is C21H39NO. The summed E-state index contributed by atoms with van der Waals surface area (Å²) in [7, 11) is 0. The standard InChI is InChI=1S/C21H39NO/c1-2-5-11-15-21(16-12-6-3-1)19-23-22-18-17-20-13-9-7-4-8-10-14-20/h18,20-21H,1-17,19H2/b22-18+. The molecule has 2 rings (SSSR count). The molecule has 0 heterocycles. The maximum atomic E-state index is 5.66. The molecular weight excluding hydrogens is 282 g/mol. The maximum absolute atomic E-state index is 5.66. The first-order chi connectivity index (χ1) is 11.4. The second-order valence-corrected chi connectivity index (χ2v) is 7.95. The van der Waals surface area contributed by atoms with E-state index in [0.29, 0.717) is 0 Å². The molecule has 2 heteroatoms. The molecule has 134 valence electrons. The molecule has 23 heavy (non-hydrogen) atoms. The van der Waals surface area contributed by atoms with Gasteiger partial charge in [-0.3, -0.25) is 0 Å². The van der Waals surface area contributed by atoms with Gasteiger partial charge in [0.1, 0.15) is 6.61 Å². The summed E-state index contributed by atoms with van der Waals surface area (Å²) >= 11 is 0. The van der Waals surface area contributed by atoms with Gasteiger partial charge in [0.2, 0.25) is 0 Å². The van der Waals surface area contributed by atoms with Gasteiger partial charge in [-0.15, -0.1) is 0 Å². The predicted octanol–water partition coefficient (Wildman–Crippen LogP) is 6.88. The summed E-state index contributed by atoms with van der Waals surface area (Å²) in [5, 5.41) is 4.28. The van der Waals surface area contributed by atoms with Crippen LogP contribution in [0.25, 0.3) is 0 Å². The van der Waals surface area contributed by atoms with Gasteiger partial charge in [-0.2, -0.15) is 0 Å². The number of nitrogens with zero attached hydrogens (tertiary/aromatic N) is 1. The SMILES string of the molecule is C(/CC1CCCCCCC1)=N\OCC1CCCCCCCCC1. The first-order valence-corrected chi connectivity index (χ1v) is 10.6. The molecule has 0 aromatic carbocycles. The van der Waals surface area contributed by atoms with E-state index in [4.69, 9.17) is 4.84 Å². The molecule has 2 fully saturated rings. The molecule has 0 amide bonds. The Morgan fingerprint density at radius 3 is 1.57 bits per heavy atom. The topological polar surface area (TPSA) is 21.6 Å². The van der Waals surface area contributed by atoms with Crippen molar-refractivity contribution in [2.75, 3.05) is 6.61 Å². The molecule has 0 aliphatic heterocycles. The van der Waals surface area contributed by atoms with E-state index in [1.54, 1.807) is 0 Å². The summed E-state index contributed by atoms with van der Waals surface area (Å²) in [6, 6.07) is 0. The lowest BCUT2D eigenvalue weighted by Gasteiger charge is -2.18. The van der Waals surface area contributed by atoms with E-state index in [2.05, 4.69) is 11.4 Å². The third-order valence-corrected chi connectivity index (χ3v) is 5.85. The largest absolute Gasteiger partial charge is 0.396 e. The van der Waals surface area contributed by atoms with E-state index in [-0.39, 0.29) is 0 Å². The molecule has 2 saturated carbocycles. The average Bonchev–Trinajstić information content (AvgIpc) is 2.54. The van der Waals surface area contributed by atoms with Crippen molar-refractivity contribution < 1.29 is 4.84 Å². The Bertz CT molecular complexity index is 284. The molecule has 0 atom stereocenters. The van der Waals surface area contributed by atoms with Crippen LogP contribution in [0, 0.1) is 11.8 Å². The average molecular weight is 322 g/mol. The molecule has 0 bridgehead atoms. The van der Waals surface area contributed by atoms with Gasteiger partial charge in [0, 0.05) is 6.21 Å². The van der Waals surface area contributed by atoms with Gasteiger partial charge in [0.05, 0.1) is 0 Å². The minimum Gasteiger partial charge on any atom is -0.396 e. The van der Waals surface area contributed by atoms with Crippen LogP contribution >= 0.6 is 0 Å². The zero-order valence-electron chi connectivity index (χ0n) is 15.3. The summed E-state index contributed by atoms with van der Waals surface area (Å²) in [5.41, 5.74) is 0. The van der Waals surface area contributed by atoms with Crippen LogP contribution < -0.4 is 0 Å². The minimum atomic E-state index is 0.742. The highest BCUT2D eigenvalue weighted by atomic mass is 16.6. The quantitative estimate of drug-likeness (QED) is 0.399. The fourth-order valence-corrected chi connectivity index (χ4v) is 4.23. The van der Waals surface area contributed by atoms with Gasteiger partial charge in [-0.05, 0) is 31.1 Å². The second-order valence-electron chi connectivity index (χ2n) is 7.95. The predicted molar refractivity (Wildman–Crippen MR) is 99.9 cm³/mol. The molecule has 0 saturated heterocycles. The summed E-state index contributed by atoms with van der Waals surface area (Å²) in [6.45, 7) is 0.848. The zero-order valence-corrected chi connectivity index (χ0v) is 15.3. The van der Waals surface area contributed by atoms with E-state index < -0.39 is 0 Å². The van der Waals surface area contributed by atoms with Gasteiger partial charge >= 0.3 is 0 Å². The van der Waals surface area contributed by atoms with Gasteiger partial charge in [0.15, 0.2) is 0 Å². The van der Waals surface area contributed by atoms with Crippen LogP contribution in [-0.4, -0.2) is 12.8 Å². The molecule has 0 N–H and O–H groups in total. The van der Waals surface area contributed by atoms with E-state index in [9.17, 15) is 0 Å². The monoisotopic (exact) mass is 321 g/mol. The maximum Gasteiger partial charge on any atom is 0.120 e. The number of rotatable bonds is 5. The van der Waals surface area contributed by atoms with Crippen molar-refractivity contribution in [3.8, 4) is 0 Å². The summed E-state index contributed by atoms with van der Waals surface area (Å²) in [5.74, 6) is 1.60. The van der Waals surface area contributed by atoms with Crippen molar-refractivity contribution in [2.24, 2.45) is 17.0 Å². The fourth-order valence-electron chi connectivity index (χ4n) is 4.23. The second kappa shape index (κ2) is 12.8. The van der Waals surface area contributed by atoms with Crippen LogP contribution in [-0.2, 0) is 4.84 Å². The summed E-state index contributed by atoms with van der Waals surface area (Å²) in [6.07, 6.45) is 25.8. The van der Waals surface area contributed by atoms with Crippen molar-refractivity contribution in [3.63, 3.8) is 0 Å². The molecule has 2 nitrogen and oxygen atoms in total. The summed E-state index contributed by atoms with van der Waals surface area (Å²) < 4.78 is 0. The molecule has 2 aliphatic carbocycles. The van der Waals surface area contributed by atoms with Crippen molar-refractivity contribution in [1.29, 1.82) is 0 Å². The Morgan fingerprint density at radius 1 is 0.609 bits per heavy atom. The molecule has 2 aliphatic rings. The zero-order chi connectivity index (χ0) is 16.0. The van der Waals surface area contributed by atoms with Crippen LogP contribution in [0.5, 0.6) is 0 Å². The molecule has 0 unspecified atom stereocenters. The van der Waals surface area contributed by atoms with Crippen LogP contribution in [0.3, 0.4) is 0 Å². The van der Waals surface area contributed by atoms with Crippen molar-refractivity contribution in [3.05, 3.63) is 0 Å². The van der Waals surface area contributed by atoms with E-state index in [0.717, 1.165) is 24.9 Å². The lowest BCUT2D eigenvalue weighted by molar-refractivity contribution is 0.0976. The van der Waals surface area contributed by atoms with E-state index in [1.807, 2.05) is 0 Å². The number of hydrogen-bond acceptors (Lipinski definition) is 2. The molecule has 0 aromatic heterocycles. The van der Waals surface area contributed by atoms with E-state index >= 15 is 0 Å². The van der Waals surface area contributed by atoms with Crippen LogP contribution in [0.1, 0.15) is 109 Å². The first kappa shape index (κ1) is 18.8. The lowest BCUT2D eigenvalue weighted by atomic mass is 9.89. The highest BCUT2D eigenvalue weighted by molar-refractivity contribution is 5.56. The van der Waals surface area contributed by atoms with Gasteiger partial charge in [-0.25, -0.2) is 0 Å². The third kappa shape index (κ3) is 9.37. The van der Waals surface area contributed by atoms with E-state index in [1.165, 1.54) is 103 Å². The Kier molecular flexibility index (Phi) is 10.5. The van der Waals surface area contributed by atoms with Crippen LogP contribution in [0.2, 0.25) is 0 Å². The lowest BCUT2D eigenvalue weighted by Crippen LogP contribution is -2.09. The van der Waals surface area contributed by atoms with Gasteiger partial charge in [-0.1, -0.05) is 95.0 Å². The van der Waals surface area contributed by atoms with Crippen molar-refractivity contribution >= 4 is 6.21 Å². The Morgan fingerprint density at radius 2 is 1.04 bits per heavy atom. The van der Waals surface area contributed by atoms with Crippen LogP contribution in [0.4, 0.5) is 0 Å². The Labute approximate surface area is 144 Å². The molecule has 0 aromatic rings. The van der Waals surface area contributed by atoms with Gasteiger partial charge in [0.25, 0.3) is 0 Å². The summed E-state index contributed by atoms with van der Waals surface area (Å²) in [4.78, 5) is 5.66. The fraction of sp³-hybridized carbons (Fsp3) is 0.952. The number of hydrogen-bond donors (Lipinski definition) is 0. The molecule has 0 spiro atoms. The van der Waals surface area contributed by atoms with Crippen molar-refractivity contribution in [1.82, 2.24) is 0 Å². The van der Waals surface area contributed by atoms with Crippen LogP contribution in [0.15, 0.2) is 5.16 Å². The first-order valence-electron chi connectivity index (χ1n) is 10.6. The highest BCUT2D eigenvalue weighted by Crippen LogP contribution is 2.24. The minimum absolute atomic E-state index is 0.742. The smallest absolute Gasteiger partial charge is 0.120 e. The highest BCUT2D eigenvalue weighted by Gasteiger charge is 2.12.